The number of aromatic nitrogens is 2. The number of rotatable bonds is 3. The summed E-state index contributed by atoms with van der Waals surface area (Å²) < 4.78 is -0.0250. The van der Waals surface area contributed by atoms with Gasteiger partial charge in [0.05, 0.1) is 15.6 Å². The number of nitrogens with zero attached hydrogens (tertiary/aromatic N) is 2. The number of nitro groups is 1. The van der Waals surface area contributed by atoms with Gasteiger partial charge in [-0.3, -0.25) is 24.9 Å². The van der Waals surface area contributed by atoms with E-state index in [2.05, 4.69) is 27.2 Å². The van der Waals surface area contributed by atoms with Gasteiger partial charge in [0.1, 0.15) is 5.56 Å². The third-order valence-corrected chi connectivity index (χ3v) is 2.94. The number of benzene rings is 1. The highest BCUT2D eigenvalue weighted by atomic mass is 35.5. The number of non-ortho nitro benzene ring substituents is 1. The number of aromatic amines is 2. The molecule has 0 saturated carbocycles. The lowest BCUT2D eigenvalue weighted by molar-refractivity contribution is -0.384. The molecule has 1 aromatic carbocycles. The Labute approximate surface area is 126 Å². The van der Waals surface area contributed by atoms with Gasteiger partial charge in [0.2, 0.25) is 5.88 Å². The van der Waals surface area contributed by atoms with E-state index in [9.17, 15) is 20.0 Å². The predicted octanol–water partition coefficient (Wildman–Crippen LogP) is 2.45. The van der Waals surface area contributed by atoms with Gasteiger partial charge in [0, 0.05) is 18.3 Å². The summed E-state index contributed by atoms with van der Waals surface area (Å²) in [4.78, 5) is 30.1. The summed E-state index contributed by atoms with van der Waals surface area (Å²) in [6, 6.07) is 3.69. The topological polar surface area (TPSA) is 124 Å². The molecule has 0 radical (unpaired) electrons. The molecule has 0 atom stereocenters. The Morgan fingerprint density at radius 1 is 1.43 bits per heavy atom. The van der Waals surface area contributed by atoms with Crippen molar-refractivity contribution in [2.24, 2.45) is 4.99 Å². The molecule has 1 aromatic heterocycles. The van der Waals surface area contributed by atoms with E-state index in [1.807, 2.05) is 0 Å². The minimum absolute atomic E-state index is 0.0250. The van der Waals surface area contributed by atoms with Crippen LogP contribution in [0.15, 0.2) is 28.0 Å². The maximum atomic E-state index is 11.6. The first kappa shape index (κ1) is 14.9. The molecule has 0 unspecified atom stereocenters. The molecule has 0 spiro atoms. The van der Waals surface area contributed by atoms with Gasteiger partial charge in [-0.1, -0.05) is 11.6 Å². The summed E-state index contributed by atoms with van der Waals surface area (Å²) in [7, 11) is 0. The average Bonchev–Trinajstić information content (AvgIpc) is 2.38. The number of H-pyrrole nitrogens is 2. The lowest BCUT2D eigenvalue weighted by Crippen LogP contribution is -2.13. The zero-order valence-electron chi connectivity index (χ0n) is 10.2. The quantitative estimate of drug-likeness (QED) is 0.346. The summed E-state index contributed by atoms with van der Waals surface area (Å²) in [5.74, 6) is -0.439. The van der Waals surface area contributed by atoms with Crippen LogP contribution in [0, 0.1) is 14.9 Å². The number of nitro benzene ring substituents is 1. The van der Waals surface area contributed by atoms with Crippen LogP contribution in [0.25, 0.3) is 0 Å². The number of hydrogen-bond acceptors (Lipinski definition) is 6. The van der Waals surface area contributed by atoms with E-state index in [-0.39, 0.29) is 26.7 Å². The molecule has 0 aliphatic carbocycles. The van der Waals surface area contributed by atoms with Gasteiger partial charge in [-0.2, -0.15) is 0 Å². The maximum absolute atomic E-state index is 11.6. The van der Waals surface area contributed by atoms with Crippen molar-refractivity contribution in [1.29, 1.82) is 0 Å². The van der Waals surface area contributed by atoms with Gasteiger partial charge in [-0.05, 0) is 18.3 Å². The zero-order chi connectivity index (χ0) is 15.6. The maximum Gasteiger partial charge on any atom is 0.271 e. The fourth-order valence-electron chi connectivity index (χ4n) is 1.45. The van der Waals surface area contributed by atoms with Crippen LogP contribution in [0.1, 0.15) is 5.56 Å². The molecule has 108 valence electrons. The number of aromatic hydroxyl groups is 1. The third-order valence-electron chi connectivity index (χ3n) is 2.43. The number of hydrogen-bond donors (Lipinski definition) is 3. The molecule has 21 heavy (non-hydrogen) atoms. The average molecular weight is 327 g/mol. The summed E-state index contributed by atoms with van der Waals surface area (Å²) in [6.45, 7) is 0. The predicted molar refractivity (Wildman–Crippen MR) is 79.3 cm³/mol. The fourth-order valence-corrected chi connectivity index (χ4v) is 1.86. The van der Waals surface area contributed by atoms with E-state index in [1.54, 1.807) is 0 Å². The first-order valence-electron chi connectivity index (χ1n) is 5.42. The van der Waals surface area contributed by atoms with Crippen molar-refractivity contribution in [1.82, 2.24) is 9.97 Å². The van der Waals surface area contributed by atoms with Gasteiger partial charge in [-0.25, -0.2) is 0 Å². The van der Waals surface area contributed by atoms with Crippen LogP contribution in [-0.4, -0.2) is 26.2 Å². The van der Waals surface area contributed by atoms with Gasteiger partial charge in [-0.15, -0.1) is 0 Å². The third kappa shape index (κ3) is 3.33. The Morgan fingerprint density at radius 2 is 2.14 bits per heavy atom. The minimum Gasteiger partial charge on any atom is -0.494 e. The molecule has 0 amide bonds. The van der Waals surface area contributed by atoms with Gasteiger partial charge in [0.15, 0.2) is 4.77 Å². The minimum atomic E-state index is -0.627. The SMILES string of the molecule is O=c1[nH]c(=S)[nH]c(O)c1C=Nc1ccc([N+](=O)[O-])cc1Cl. The number of halogens is 1. The van der Waals surface area contributed by atoms with Crippen molar-refractivity contribution >= 4 is 41.4 Å². The van der Waals surface area contributed by atoms with Crippen molar-refractivity contribution in [3.8, 4) is 5.88 Å². The summed E-state index contributed by atoms with van der Waals surface area (Å²) in [6.07, 6.45) is 1.08. The van der Waals surface area contributed by atoms with Gasteiger partial charge >= 0.3 is 0 Å². The van der Waals surface area contributed by atoms with E-state index in [4.69, 9.17) is 11.6 Å². The van der Waals surface area contributed by atoms with Crippen LogP contribution in [0.4, 0.5) is 11.4 Å². The van der Waals surface area contributed by atoms with Crippen molar-refractivity contribution < 1.29 is 10.0 Å². The van der Waals surface area contributed by atoms with Gasteiger partial charge < -0.3 is 10.1 Å². The molecule has 0 fully saturated rings. The van der Waals surface area contributed by atoms with Crippen LogP contribution < -0.4 is 5.56 Å². The molecule has 1 heterocycles. The van der Waals surface area contributed by atoms with E-state index in [1.165, 1.54) is 12.1 Å². The Balaban J connectivity index is 2.41. The smallest absolute Gasteiger partial charge is 0.271 e. The molecule has 2 rings (SSSR count). The van der Waals surface area contributed by atoms with Crippen molar-refractivity contribution in [2.75, 3.05) is 0 Å². The molecule has 0 saturated heterocycles. The van der Waals surface area contributed by atoms with E-state index < -0.39 is 16.4 Å². The second-order valence-corrected chi connectivity index (χ2v) is 4.64. The summed E-state index contributed by atoms with van der Waals surface area (Å²) in [5, 5.41) is 20.2. The molecule has 10 heteroatoms. The molecule has 2 aromatic rings. The lowest BCUT2D eigenvalue weighted by Gasteiger charge is -1.99. The molecule has 0 aliphatic rings. The monoisotopic (exact) mass is 326 g/mol. The Hall–Kier alpha value is -2.52. The Kier molecular flexibility index (Phi) is 4.15. The fraction of sp³-hybridized carbons (Fsp3) is 0. The lowest BCUT2D eigenvalue weighted by atomic mass is 10.3. The summed E-state index contributed by atoms with van der Waals surface area (Å²) >= 11 is 10.5. The van der Waals surface area contributed by atoms with Crippen molar-refractivity contribution in [2.45, 2.75) is 0 Å². The van der Waals surface area contributed by atoms with E-state index >= 15 is 0 Å². The van der Waals surface area contributed by atoms with Crippen molar-refractivity contribution in [3.63, 3.8) is 0 Å². The van der Waals surface area contributed by atoms with Crippen LogP contribution in [-0.2, 0) is 0 Å². The van der Waals surface area contributed by atoms with Crippen LogP contribution in [0.5, 0.6) is 5.88 Å². The van der Waals surface area contributed by atoms with E-state index in [0.29, 0.717) is 0 Å². The van der Waals surface area contributed by atoms with Crippen LogP contribution >= 0.6 is 23.8 Å². The number of nitrogens with one attached hydrogen (secondary N) is 2. The van der Waals surface area contributed by atoms with E-state index in [0.717, 1.165) is 12.3 Å². The highest BCUT2D eigenvalue weighted by Gasteiger charge is 2.09. The first-order valence-corrected chi connectivity index (χ1v) is 6.20. The highest BCUT2D eigenvalue weighted by Crippen LogP contribution is 2.28. The first-order chi connectivity index (χ1) is 9.88. The second-order valence-electron chi connectivity index (χ2n) is 3.82. The zero-order valence-corrected chi connectivity index (χ0v) is 11.7. The Morgan fingerprint density at radius 3 is 2.71 bits per heavy atom. The molecule has 3 N–H and O–H groups in total. The van der Waals surface area contributed by atoms with Crippen LogP contribution in [0.3, 0.4) is 0 Å². The largest absolute Gasteiger partial charge is 0.494 e. The standard InChI is InChI=1S/C11H7ClN4O4S/c12-7-3-5(16(19)20)1-2-8(7)13-4-6-9(17)14-11(21)15-10(6)18/h1-4H,(H3,14,15,17,18,21). The number of aliphatic imine (C=N–C) groups is 1. The molecular weight excluding hydrogens is 320 g/mol. The summed E-state index contributed by atoms with van der Waals surface area (Å²) in [5.41, 5.74) is -0.733. The molecule has 8 nitrogen and oxygen atoms in total. The Bertz CT molecular complexity index is 858. The van der Waals surface area contributed by atoms with Crippen LogP contribution in [0.2, 0.25) is 5.02 Å². The van der Waals surface area contributed by atoms with Crippen molar-refractivity contribution in [3.05, 3.63) is 54.0 Å². The molecule has 0 aliphatic heterocycles. The normalized spacial score (nSPS) is 10.9. The molecular formula is C11H7ClN4O4S. The second kappa shape index (κ2) is 5.85. The highest BCUT2D eigenvalue weighted by molar-refractivity contribution is 7.71. The van der Waals surface area contributed by atoms with Gasteiger partial charge in [0.25, 0.3) is 11.2 Å². The molecule has 0 bridgehead atoms.